The molecule has 9 nitrogen and oxygen atoms in total. The summed E-state index contributed by atoms with van der Waals surface area (Å²) >= 11 is 0. The molecular formula is C14H16N6O3. The maximum absolute atomic E-state index is 11.0. The molecule has 0 unspecified atom stereocenters. The SMILES string of the molecule is CCc1noc(CC)c1CNc1ccc2ncc([N+](=O)[O-])n2n1. The second-order valence-corrected chi connectivity index (χ2v) is 4.95. The fraction of sp³-hybridized carbons (Fsp3) is 0.357. The van der Waals surface area contributed by atoms with Gasteiger partial charge in [0.25, 0.3) is 0 Å². The Morgan fingerprint density at radius 3 is 2.87 bits per heavy atom. The van der Waals surface area contributed by atoms with E-state index >= 15 is 0 Å². The molecule has 0 saturated carbocycles. The van der Waals surface area contributed by atoms with Crippen LogP contribution in [-0.4, -0.2) is 24.7 Å². The molecule has 0 saturated heterocycles. The lowest BCUT2D eigenvalue weighted by Crippen LogP contribution is -2.07. The molecule has 3 aromatic rings. The van der Waals surface area contributed by atoms with Crippen molar-refractivity contribution in [3.8, 4) is 0 Å². The Morgan fingerprint density at radius 1 is 1.35 bits per heavy atom. The third-order valence-electron chi connectivity index (χ3n) is 3.58. The first-order valence-corrected chi connectivity index (χ1v) is 7.33. The fourth-order valence-corrected chi connectivity index (χ4v) is 2.40. The number of rotatable bonds is 6. The molecule has 3 heterocycles. The average Bonchev–Trinajstić information content (AvgIpc) is 3.15. The molecule has 0 fully saturated rings. The van der Waals surface area contributed by atoms with Gasteiger partial charge in [0.15, 0.2) is 5.82 Å². The van der Waals surface area contributed by atoms with Crippen LogP contribution in [0, 0.1) is 10.1 Å². The molecular weight excluding hydrogens is 300 g/mol. The average molecular weight is 316 g/mol. The maximum Gasteiger partial charge on any atom is 0.368 e. The second kappa shape index (κ2) is 6.03. The van der Waals surface area contributed by atoms with Crippen molar-refractivity contribution in [1.82, 2.24) is 19.8 Å². The highest BCUT2D eigenvalue weighted by molar-refractivity contribution is 5.48. The normalized spacial score (nSPS) is 11.0. The van der Waals surface area contributed by atoms with Gasteiger partial charge in [0.1, 0.15) is 12.0 Å². The fourth-order valence-electron chi connectivity index (χ4n) is 2.40. The molecule has 23 heavy (non-hydrogen) atoms. The number of nitrogens with one attached hydrogen (secondary N) is 1. The molecule has 0 aliphatic rings. The number of nitro groups is 1. The van der Waals surface area contributed by atoms with E-state index in [0.29, 0.717) is 18.0 Å². The molecule has 0 aromatic carbocycles. The van der Waals surface area contributed by atoms with E-state index in [-0.39, 0.29) is 5.82 Å². The van der Waals surface area contributed by atoms with E-state index in [1.54, 1.807) is 12.1 Å². The molecule has 120 valence electrons. The first kappa shape index (κ1) is 14.9. The van der Waals surface area contributed by atoms with Gasteiger partial charge in [-0.15, -0.1) is 0 Å². The Morgan fingerprint density at radius 2 is 2.17 bits per heavy atom. The number of aromatic nitrogens is 4. The minimum Gasteiger partial charge on any atom is -0.363 e. The molecule has 0 spiro atoms. The van der Waals surface area contributed by atoms with Gasteiger partial charge >= 0.3 is 5.82 Å². The quantitative estimate of drug-likeness (QED) is 0.548. The highest BCUT2D eigenvalue weighted by Gasteiger charge is 2.17. The zero-order chi connectivity index (χ0) is 16.4. The van der Waals surface area contributed by atoms with Crippen LogP contribution in [0.15, 0.2) is 22.9 Å². The largest absolute Gasteiger partial charge is 0.368 e. The summed E-state index contributed by atoms with van der Waals surface area (Å²) in [5.41, 5.74) is 2.34. The minimum atomic E-state index is -0.513. The first-order valence-electron chi connectivity index (χ1n) is 7.33. The summed E-state index contributed by atoms with van der Waals surface area (Å²) in [6, 6.07) is 3.41. The molecule has 3 rings (SSSR count). The summed E-state index contributed by atoms with van der Waals surface area (Å²) in [6.07, 6.45) is 2.72. The molecule has 0 aliphatic heterocycles. The van der Waals surface area contributed by atoms with Crippen LogP contribution in [0.4, 0.5) is 11.6 Å². The van der Waals surface area contributed by atoms with E-state index in [2.05, 4.69) is 20.6 Å². The Kier molecular flexibility index (Phi) is 3.92. The number of aryl methyl sites for hydroxylation is 2. The van der Waals surface area contributed by atoms with Gasteiger partial charge in [-0.3, -0.25) is 0 Å². The van der Waals surface area contributed by atoms with Crippen LogP contribution in [0.25, 0.3) is 5.65 Å². The lowest BCUT2D eigenvalue weighted by molar-refractivity contribution is -0.391. The smallest absolute Gasteiger partial charge is 0.363 e. The topological polar surface area (TPSA) is 111 Å². The summed E-state index contributed by atoms with van der Waals surface area (Å²) in [7, 11) is 0. The van der Waals surface area contributed by atoms with Crippen LogP contribution in [0.3, 0.4) is 0 Å². The van der Waals surface area contributed by atoms with Crippen molar-refractivity contribution in [2.24, 2.45) is 0 Å². The lowest BCUT2D eigenvalue weighted by atomic mass is 10.1. The summed E-state index contributed by atoms with van der Waals surface area (Å²) in [5.74, 6) is 1.19. The highest BCUT2D eigenvalue weighted by atomic mass is 16.6. The summed E-state index contributed by atoms with van der Waals surface area (Å²) in [6.45, 7) is 4.51. The van der Waals surface area contributed by atoms with Gasteiger partial charge in [0.05, 0.1) is 5.69 Å². The summed E-state index contributed by atoms with van der Waals surface area (Å²) in [5, 5.41) is 22.4. The molecule has 0 amide bonds. The first-order chi connectivity index (χ1) is 11.1. The molecule has 3 aromatic heterocycles. The van der Waals surface area contributed by atoms with Crippen LogP contribution in [-0.2, 0) is 19.4 Å². The monoisotopic (exact) mass is 316 g/mol. The zero-order valence-corrected chi connectivity index (χ0v) is 12.8. The van der Waals surface area contributed by atoms with Gasteiger partial charge in [-0.2, -0.15) is 0 Å². The Bertz CT molecular complexity index is 832. The van der Waals surface area contributed by atoms with Gasteiger partial charge in [-0.25, -0.2) is 4.98 Å². The standard InChI is InChI=1S/C14H16N6O3/c1-3-10-9(11(4-2)23-18-10)7-15-12-5-6-13-16-8-14(20(21)22)19(13)17-12/h5-6,8H,3-4,7H2,1-2H3,(H,15,17). The zero-order valence-electron chi connectivity index (χ0n) is 12.8. The van der Waals surface area contributed by atoms with Crippen molar-refractivity contribution < 1.29 is 9.45 Å². The number of hydrogen-bond donors (Lipinski definition) is 1. The van der Waals surface area contributed by atoms with Crippen molar-refractivity contribution >= 4 is 17.3 Å². The van der Waals surface area contributed by atoms with E-state index in [9.17, 15) is 10.1 Å². The van der Waals surface area contributed by atoms with Crippen molar-refractivity contribution in [2.75, 3.05) is 5.32 Å². The van der Waals surface area contributed by atoms with Gasteiger partial charge < -0.3 is 20.0 Å². The molecule has 0 atom stereocenters. The van der Waals surface area contributed by atoms with Crippen LogP contribution in [0.5, 0.6) is 0 Å². The van der Waals surface area contributed by atoms with Crippen molar-refractivity contribution in [3.05, 3.63) is 45.5 Å². The molecule has 0 bridgehead atoms. The third-order valence-corrected chi connectivity index (χ3v) is 3.58. The highest BCUT2D eigenvalue weighted by Crippen LogP contribution is 2.19. The van der Waals surface area contributed by atoms with Crippen molar-refractivity contribution in [1.29, 1.82) is 0 Å². The van der Waals surface area contributed by atoms with E-state index < -0.39 is 4.92 Å². The van der Waals surface area contributed by atoms with Crippen molar-refractivity contribution in [2.45, 2.75) is 33.2 Å². The van der Waals surface area contributed by atoms with Crippen LogP contribution >= 0.6 is 0 Å². The molecule has 0 aliphatic carbocycles. The van der Waals surface area contributed by atoms with E-state index in [1.807, 2.05) is 13.8 Å². The van der Waals surface area contributed by atoms with Crippen LogP contribution in [0.2, 0.25) is 0 Å². The number of nitrogens with zero attached hydrogens (tertiary/aromatic N) is 5. The van der Waals surface area contributed by atoms with Crippen LogP contribution in [0.1, 0.15) is 30.9 Å². The maximum atomic E-state index is 11.0. The number of imidazole rings is 1. The number of hydrogen-bond acceptors (Lipinski definition) is 7. The predicted molar refractivity (Wildman–Crippen MR) is 82.2 cm³/mol. The molecule has 9 heteroatoms. The number of fused-ring (bicyclic) bond motifs is 1. The van der Waals surface area contributed by atoms with Gasteiger partial charge in [0.2, 0.25) is 5.65 Å². The lowest BCUT2D eigenvalue weighted by Gasteiger charge is -2.05. The molecule has 0 radical (unpaired) electrons. The van der Waals surface area contributed by atoms with E-state index in [1.165, 1.54) is 10.7 Å². The number of anilines is 1. The second-order valence-electron chi connectivity index (χ2n) is 4.95. The Balaban J connectivity index is 1.86. The van der Waals surface area contributed by atoms with E-state index in [4.69, 9.17) is 4.52 Å². The van der Waals surface area contributed by atoms with Gasteiger partial charge in [0, 0.05) is 24.6 Å². The molecule has 1 N–H and O–H groups in total. The van der Waals surface area contributed by atoms with Crippen molar-refractivity contribution in [3.63, 3.8) is 0 Å². The summed E-state index contributed by atoms with van der Waals surface area (Å²) < 4.78 is 6.52. The van der Waals surface area contributed by atoms with E-state index in [0.717, 1.165) is 29.9 Å². The van der Waals surface area contributed by atoms with Crippen LogP contribution < -0.4 is 5.32 Å². The van der Waals surface area contributed by atoms with Gasteiger partial charge in [-0.1, -0.05) is 28.6 Å². The van der Waals surface area contributed by atoms with Gasteiger partial charge in [-0.05, 0) is 17.4 Å². The predicted octanol–water partition coefficient (Wildman–Crippen LogP) is 2.36. The third kappa shape index (κ3) is 2.72. The minimum absolute atomic E-state index is 0.169. The summed E-state index contributed by atoms with van der Waals surface area (Å²) in [4.78, 5) is 14.4. The Hall–Kier alpha value is -2.97. The Labute approximate surface area is 131 Å².